The summed E-state index contributed by atoms with van der Waals surface area (Å²) >= 11 is 5.60. The molecule has 0 aliphatic heterocycles. The van der Waals surface area contributed by atoms with E-state index in [1.54, 1.807) is 48.7 Å². The zero-order valence-corrected chi connectivity index (χ0v) is 20.1. The Balaban J connectivity index is 0.000000162. The van der Waals surface area contributed by atoms with Crippen LogP contribution in [-0.4, -0.2) is 17.4 Å². The highest BCUT2D eigenvalue weighted by Gasteiger charge is 2.22. The number of carbonyl (C=O) groups excluding carboxylic acids is 2. The molecule has 6 nitrogen and oxygen atoms in total. The second-order valence-corrected chi connectivity index (χ2v) is 8.23. The predicted molar refractivity (Wildman–Crippen MR) is 141 cm³/mol. The standard InChI is InChI=1S/C12H9FN2O2.C9H10.C7H6ClNO/c13-10-7-9(4-5-11(10)14-8-16)15-6-2-1-3-12(15)17;1-2-4-8(5-3-1)9-6-7-9;8-6-1-3-7(4-2-6)9-5-10/h1-8H,(H,14,16);1-5,9H,6-7H2;1-5H,(H,9,10). The van der Waals surface area contributed by atoms with Gasteiger partial charge >= 0.3 is 0 Å². The Morgan fingerprint density at radius 2 is 1.50 bits per heavy atom. The van der Waals surface area contributed by atoms with Crippen molar-refractivity contribution in [2.24, 2.45) is 0 Å². The first kappa shape index (κ1) is 26.4. The van der Waals surface area contributed by atoms with Gasteiger partial charge in [0.25, 0.3) is 5.56 Å². The van der Waals surface area contributed by atoms with Crippen LogP contribution in [0.4, 0.5) is 15.8 Å². The van der Waals surface area contributed by atoms with Crippen molar-refractivity contribution in [1.29, 1.82) is 0 Å². The molecular formula is C28H25ClFN3O3. The van der Waals surface area contributed by atoms with Crippen LogP contribution in [0.15, 0.2) is 102 Å². The number of benzene rings is 3. The van der Waals surface area contributed by atoms with E-state index in [9.17, 15) is 18.8 Å². The van der Waals surface area contributed by atoms with Crippen molar-refractivity contribution in [3.8, 4) is 5.69 Å². The van der Waals surface area contributed by atoms with E-state index >= 15 is 0 Å². The van der Waals surface area contributed by atoms with Gasteiger partial charge in [-0.25, -0.2) is 4.39 Å². The summed E-state index contributed by atoms with van der Waals surface area (Å²) in [6.45, 7) is 0. The van der Waals surface area contributed by atoms with Crippen LogP contribution in [0.25, 0.3) is 5.69 Å². The largest absolute Gasteiger partial charge is 0.329 e. The third kappa shape index (κ3) is 8.21. The highest BCUT2D eigenvalue weighted by atomic mass is 35.5. The molecular weight excluding hydrogens is 481 g/mol. The highest BCUT2D eigenvalue weighted by Crippen LogP contribution is 2.39. The summed E-state index contributed by atoms with van der Waals surface area (Å²) in [5.41, 5.74) is 2.51. The van der Waals surface area contributed by atoms with Crippen LogP contribution in [0.1, 0.15) is 24.3 Å². The minimum atomic E-state index is -0.592. The van der Waals surface area contributed by atoms with E-state index in [1.165, 1.54) is 41.2 Å². The van der Waals surface area contributed by atoms with Gasteiger partial charge in [-0.2, -0.15) is 0 Å². The maximum atomic E-state index is 13.5. The van der Waals surface area contributed by atoms with E-state index in [1.807, 2.05) is 0 Å². The van der Waals surface area contributed by atoms with Gasteiger partial charge in [0, 0.05) is 29.0 Å². The molecule has 0 spiro atoms. The molecule has 2 amide bonds. The first-order chi connectivity index (χ1) is 17.5. The van der Waals surface area contributed by atoms with Crippen LogP contribution in [-0.2, 0) is 9.59 Å². The fraction of sp³-hybridized carbons (Fsp3) is 0.107. The Hall–Kier alpha value is -4.23. The van der Waals surface area contributed by atoms with Gasteiger partial charge in [0.2, 0.25) is 12.8 Å². The number of aromatic nitrogens is 1. The molecule has 0 radical (unpaired) electrons. The van der Waals surface area contributed by atoms with Crippen molar-refractivity contribution in [1.82, 2.24) is 4.57 Å². The van der Waals surface area contributed by atoms with Crippen molar-refractivity contribution in [3.63, 3.8) is 0 Å². The van der Waals surface area contributed by atoms with Crippen molar-refractivity contribution < 1.29 is 14.0 Å². The predicted octanol–water partition coefficient (Wildman–Crippen LogP) is 6.02. The molecule has 1 heterocycles. The molecule has 4 aromatic rings. The molecule has 8 heteroatoms. The number of pyridine rings is 1. The van der Waals surface area contributed by atoms with Gasteiger partial charge < -0.3 is 10.6 Å². The summed E-state index contributed by atoms with van der Waals surface area (Å²) < 4.78 is 14.8. The molecule has 3 aromatic carbocycles. The molecule has 2 N–H and O–H groups in total. The van der Waals surface area contributed by atoms with E-state index in [4.69, 9.17) is 11.6 Å². The van der Waals surface area contributed by atoms with Crippen molar-refractivity contribution in [3.05, 3.63) is 124 Å². The number of hydrogen-bond acceptors (Lipinski definition) is 3. The summed E-state index contributed by atoms with van der Waals surface area (Å²) in [4.78, 5) is 31.6. The molecule has 36 heavy (non-hydrogen) atoms. The van der Waals surface area contributed by atoms with Gasteiger partial charge in [-0.05, 0) is 66.8 Å². The molecule has 5 rings (SSSR count). The second-order valence-electron chi connectivity index (χ2n) is 7.79. The summed E-state index contributed by atoms with van der Waals surface area (Å²) in [5.74, 6) is 0.316. The maximum Gasteiger partial charge on any atom is 0.255 e. The number of carbonyl (C=O) groups is 2. The quantitative estimate of drug-likeness (QED) is 0.314. The number of hydrogen-bond donors (Lipinski definition) is 2. The average Bonchev–Trinajstić information content (AvgIpc) is 3.75. The molecule has 0 atom stereocenters. The fourth-order valence-electron chi connectivity index (χ4n) is 3.23. The number of nitrogens with zero attached hydrogens (tertiary/aromatic N) is 1. The number of nitrogens with one attached hydrogen (secondary N) is 2. The molecule has 184 valence electrons. The smallest absolute Gasteiger partial charge is 0.255 e. The second kappa shape index (κ2) is 13.6. The minimum Gasteiger partial charge on any atom is -0.329 e. The fourth-order valence-corrected chi connectivity index (χ4v) is 3.36. The zero-order chi connectivity index (χ0) is 25.8. The first-order valence-electron chi connectivity index (χ1n) is 11.2. The van der Waals surface area contributed by atoms with Gasteiger partial charge in [-0.3, -0.25) is 19.0 Å². The lowest BCUT2D eigenvalue weighted by Crippen LogP contribution is -2.15. The number of amides is 2. The topological polar surface area (TPSA) is 80.2 Å². The van der Waals surface area contributed by atoms with Gasteiger partial charge in [0.1, 0.15) is 5.82 Å². The van der Waals surface area contributed by atoms with Gasteiger partial charge in [-0.15, -0.1) is 0 Å². The van der Waals surface area contributed by atoms with E-state index in [-0.39, 0.29) is 11.2 Å². The van der Waals surface area contributed by atoms with Crippen LogP contribution in [0.5, 0.6) is 0 Å². The Kier molecular flexibility index (Phi) is 9.97. The zero-order valence-electron chi connectivity index (χ0n) is 19.3. The molecule has 1 aliphatic carbocycles. The lowest BCUT2D eigenvalue weighted by molar-refractivity contribution is -0.106. The molecule has 1 saturated carbocycles. The van der Waals surface area contributed by atoms with Crippen LogP contribution < -0.4 is 16.2 Å². The lowest BCUT2D eigenvalue weighted by Gasteiger charge is -2.07. The highest BCUT2D eigenvalue weighted by molar-refractivity contribution is 6.30. The summed E-state index contributed by atoms with van der Waals surface area (Å²) in [7, 11) is 0. The SMILES string of the molecule is O=CNc1ccc(-n2ccccc2=O)cc1F.O=CNc1ccc(Cl)cc1.c1ccc(C2CC2)cc1. The van der Waals surface area contributed by atoms with E-state index in [2.05, 4.69) is 41.0 Å². The molecule has 1 fully saturated rings. The summed E-state index contributed by atoms with van der Waals surface area (Å²) in [6, 6.07) is 26.5. The van der Waals surface area contributed by atoms with Crippen LogP contribution in [0.3, 0.4) is 0 Å². The first-order valence-corrected chi connectivity index (χ1v) is 11.6. The van der Waals surface area contributed by atoms with Gasteiger partial charge in [-0.1, -0.05) is 48.0 Å². The van der Waals surface area contributed by atoms with Crippen LogP contribution in [0, 0.1) is 5.82 Å². The molecule has 1 aliphatic rings. The van der Waals surface area contributed by atoms with Crippen molar-refractivity contribution in [2.45, 2.75) is 18.8 Å². The number of halogens is 2. The third-order valence-corrected chi connectivity index (χ3v) is 5.44. The Labute approximate surface area is 213 Å². The Bertz CT molecular complexity index is 1320. The number of anilines is 2. The van der Waals surface area contributed by atoms with E-state index < -0.39 is 5.82 Å². The molecule has 0 saturated heterocycles. The van der Waals surface area contributed by atoms with Crippen LogP contribution >= 0.6 is 11.6 Å². The normalized spacial score (nSPS) is 11.6. The lowest BCUT2D eigenvalue weighted by atomic mass is 10.1. The van der Waals surface area contributed by atoms with Crippen LogP contribution in [0.2, 0.25) is 5.02 Å². The maximum absolute atomic E-state index is 13.5. The molecule has 0 bridgehead atoms. The van der Waals surface area contributed by atoms with Crippen molar-refractivity contribution in [2.75, 3.05) is 10.6 Å². The molecule has 1 aromatic heterocycles. The van der Waals surface area contributed by atoms with Gasteiger partial charge in [0.05, 0.1) is 11.4 Å². The van der Waals surface area contributed by atoms with Crippen molar-refractivity contribution >= 4 is 35.8 Å². The monoisotopic (exact) mass is 505 g/mol. The number of rotatable bonds is 6. The van der Waals surface area contributed by atoms with E-state index in [0.717, 1.165) is 11.6 Å². The van der Waals surface area contributed by atoms with E-state index in [0.29, 0.717) is 23.5 Å². The summed E-state index contributed by atoms with van der Waals surface area (Å²) in [6.07, 6.45) is 5.38. The Morgan fingerprint density at radius 3 is 2.08 bits per heavy atom. The molecule has 0 unspecified atom stereocenters. The van der Waals surface area contributed by atoms with Gasteiger partial charge in [0.15, 0.2) is 0 Å². The Morgan fingerprint density at radius 1 is 0.833 bits per heavy atom. The third-order valence-electron chi connectivity index (χ3n) is 5.19. The average molecular weight is 506 g/mol. The summed E-state index contributed by atoms with van der Waals surface area (Å²) in [5, 5.41) is 5.39. The minimum absolute atomic E-state index is 0.0766.